The van der Waals surface area contributed by atoms with Crippen LogP contribution in [0.1, 0.15) is 44.7 Å². The van der Waals surface area contributed by atoms with E-state index in [1.165, 1.54) is 6.92 Å². The van der Waals surface area contributed by atoms with Gasteiger partial charge in [0.2, 0.25) is 11.8 Å². The Morgan fingerprint density at radius 3 is 2.81 bits per heavy atom. The first kappa shape index (κ1) is 15.5. The van der Waals surface area contributed by atoms with Crippen molar-refractivity contribution in [2.75, 3.05) is 11.9 Å². The molecular formula is C16H23N3O2. The van der Waals surface area contributed by atoms with Crippen LogP contribution in [0.4, 0.5) is 5.69 Å². The molecule has 2 amide bonds. The van der Waals surface area contributed by atoms with Gasteiger partial charge in [-0.3, -0.25) is 9.59 Å². The van der Waals surface area contributed by atoms with E-state index in [2.05, 4.69) is 16.0 Å². The zero-order valence-corrected chi connectivity index (χ0v) is 12.6. The van der Waals surface area contributed by atoms with E-state index in [0.717, 1.165) is 37.1 Å². The Labute approximate surface area is 125 Å². The van der Waals surface area contributed by atoms with Crippen LogP contribution in [0.25, 0.3) is 0 Å². The fraction of sp³-hybridized carbons (Fsp3) is 0.500. The van der Waals surface area contributed by atoms with Crippen molar-refractivity contribution >= 4 is 17.5 Å². The monoisotopic (exact) mass is 289 g/mol. The standard InChI is InChI=1S/C16H23N3O2/c1-11(18-16(21)15-8-3-4-9-17-15)13-6-5-7-14(10-13)19-12(2)20/h5-7,10-11,15,17H,3-4,8-9H2,1-2H3,(H,18,21)(H,19,20)/t11?,15-/m1/s1. The van der Waals surface area contributed by atoms with Crippen molar-refractivity contribution in [1.82, 2.24) is 10.6 Å². The Morgan fingerprint density at radius 1 is 1.33 bits per heavy atom. The van der Waals surface area contributed by atoms with Gasteiger partial charge in [-0.05, 0) is 44.0 Å². The fourth-order valence-corrected chi connectivity index (χ4v) is 2.56. The lowest BCUT2D eigenvalue weighted by Gasteiger charge is -2.24. The number of carbonyl (C=O) groups excluding carboxylic acids is 2. The third kappa shape index (κ3) is 4.56. The molecule has 0 bridgehead atoms. The molecule has 5 heteroatoms. The highest BCUT2D eigenvalue weighted by Gasteiger charge is 2.22. The molecule has 0 aromatic heterocycles. The molecule has 0 spiro atoms. The van der Waals surface area contributed by atoms with Gasteiger partial charge in [0.1, 0.15) is 0 Å². The maximum Gasteiger partial charge on any atom is 0.237 e. The minimum absolute atomic E-state index is 0.0483. The molecule has 1 heterocycles. The van der Waals surface area contributed by atoms with Crippen LogP contribution in [0, 0.1) is 0 Å². The Balaban J connectivity index is 1.97. The van der Waals surface area contributed by atoms with Gasteiger partial charge in [-0.25, -0.2) is 0 Å². The summed E-state index contributed by atoms with van der Waals surface area (Å²) in [6.45, 7) is 4.34. The smallest absolute Gasteiger partial charge is 0.237 e. The van der Waals surface area contributed by atoms with Gasteiger partial charge in [0.15, 0.2) is 0 Å². The molecule has 0 aliphatic carbocycles. The second kappa shape index (κ2) is 7.22. The highest BCUT2D eigenvalue weighted by Crippen LogP contribution is 2.18. The molecule has 2 atom stereocenters. The molecule has 0 radical (unpaired) electrons. The number of amides is 2. The maximum absolute atomic E-state index is 12.2. The van der Waals surface area contributed by atoms with Gasteiger partial charge in [-0.2, -0.15) is 0 Å². The van der Waals surface area contributed by atoms with Gasteiger partial charge in [0, 0.05) is 12.6 Å². The first-order valence-corrected chi connectivity index (χ1v) is 7.47. The van der Waals surface area contributed by atoms with Crippen molar-refractivity contribution in [2.24, 2.45) is 0 Å². The SMILES string of the molecule is CC(=O)Nc1cccc(C(C)NC(=O)[C@H]2CCCCN2)c1. The van der Waals surface area contributed by atoms with E-state index in [1.807, 2.05) is 31.2 Å². The van der Waals surface area contributed by atoms with Gasteiger partial charge < -0.3 is 16.0 Å². The third-order valence-corrected chi connectivity index (χ3v) is 3.69. The maximum atomic E-state index is 12.2. The van der Waals surface area contributed by atoms with Crippen LogP contribution in [0.2, 0.25) is 0 Å². The Hall–Kier alpha value is -1.88. The molecule has 1 saturated heterocycles. The van der Waals surface area contributed by atoms with Crippen LogP contribution in [-0.4, -0.2) is 24.4 Å². The van der Waals surface area contributed by atoms with Gasteiger partial charge in [0.05, 0.1) is 12.1 Å². The molecule has 1 unspecified atom stereocenters. The van der Waals surface area contributed by atoms with E-state index >= 15 is 0 Å². The summed E-state index contributed by atoms with van der Waals surface area (Å²) < 4.78 is 0. The lowest BCUT2D eigenvalue weighted by molar-refractivity contribution is -0.124. The number of carbonyl (C=O) groups is 2. The number of piperidine rings is 1. The molecule has 1 aromatic carbocycles. The average molecular weight is 289 g/mol. The highest BCUT2D eigenvalue weighted by atomic mass is 16.2. The topological polar surface area (TPSA) is 70.2 Å². The fourth-order valence-electron chi connectivity index (χ4n) is 2.56. The van der Waals surface area contributed by atoms with Crippen molar-refractivity contribution in [2.45, 2.75) is 45.2 Å². The Morgan fingerprint density at radius 2 is 2.14 bits per heavy atom. The second-order valence-corrected chi connectivity index (χ2v) is 5.54. The average Bonchev–Trinajstić information content (AvgIpc) is 2.47. The van der Waals surface area contributed by atoms with Crippen LogP contribution in [-0.2, 0) is 9.59 Å². The van der Waals surface area contributed by atoms with E-state index in [1.54, 1.807) is 0 Å². The summed E-state index contributed by atoms with van der Waals surface area (Å²) in [7, 11) is 0. The van der Waals surface area contributed by atoms with Crippen LogP contribution in [0.3, 0.4) is 0 Å². The summed E-state index contributed by atoms with van der Waals surface area (Å²) in [5, 5.41) is 9.03. The molecule has 1 fully saturated rings. The minimum atomic E-state index is -0.102. The molecule has 1 aromatic rings. The molecule has 0 saturated carbocycles. The molecule has 2 rings (SSSR count). The van der Waals surface area contributed by atoms with Crippen molar-refractivity contribution < 1.29 is 9.59 Å². The number of hydrogen-bond donors (Lipinski definition) is 3. The quantitative estimate of drug-likeness (QED) is 0.793. The van der Waals surface area contributed by atoms with E-state index in [0.29, 0.717) is 0 Å². The summed E-state index contributed by atoms with van der Waals surface area (Å²) in [6, 6.07) is 7.38. The lowest BCUT2D eigenvalue weighted by atomic mass is 10.0. The summed E-state index contributed by atoms with van der Waals surface area (Å²) in [4.78, 5) is 23.3. The molecule has 5 nitrogen and oxygen atoms in total. The Kier molecular flexibility index (Phi) is 5.33. The second-order valence-electron chi connectivity index (χ2n) is 5.54. The molecule has 21 heavy (non-hydrogen) atoms. The first-order valence-electron chi connectivity index (χ1n) is 7.47. The van der Waals surface area contributed by atoms with Crippen molar-refractivity contribution in [3.05, 3.63) is 29.8 Å². The lowest BCUT2D eigenvalue weighted by Crippen LogP contribution is -2.47. The molecule has 1 aliphatic heterocycles. The van der Waals surface area contributed by atoms with Gasteiger partial charge in [-0.15, -0.1) is 0 Å². The predicted molar refractivity (Wildman–Crippen MR) is 82.9 cm³/mol. The Bertz CT molecular complexity index is 510. The number of hydrogen-bond acceptors (Lipinski definition) is 3. The van der Waals surface area contributed by atoms with Crippen molar-refractivity contribution in [3.63, 3.8) is 0 Å². The highest BCUT2D eigenvalue weighted by molar-refractivity contribution is 5.88. The molecular weight excluding hydrogens is 266 g/mol. The minimum Gasteiger partial charge on any atom is -0.348 e. The number of anilines is 1. The summed E-state index contributed by atoms with van der Waals surface area (Å²) in [5.41, 5.74) is 1.72. The summed E-state index contributed by atoms with van der Waals surface area (Å²) >= 11 is 0. The molecule has 3 N–H and O–H groups in total. The van der Waals surface area contributed by atoms with Gasteiger partial charge >= 0.3 is 0 Å². The van der Waals surface area contributed by atoms with E-state index < -0.39 is 0 Å². The largest absolute Gasteiger partial charge is 0.348 e. The van der Waals surface area contributed by atoms with Crippen LogP contribution in [0.5, 0.6) is 0 Å². The number of rotatable bonds is 4. The van der Waals surface area contributed by atoms with Crippen LogP contribution >= 0.6 is 0 Å². The molecule has 114 valence electrons. The zero-order chi connectivity index (χ0) is 15.2. The van der Waals surface area contributed by atoms with Crippen LogP contribution < -0.4 is 16.0 Å². The zero-order valence-electron chi connectivity index (χ0n) is 12.6. The predicted octanol–water partition coefficient (Wildman–Crippen LogP) is 1.96. The van der Waals surface area contributed by atoms with Crippen molar-refractivity contribution in [3.8, 4) is 0 Å². The normalized spacial score (nSPS) is 19.6. The number of benzene rings is 1. The molecule has 1 aliphatic rings. The third-order valence-electron chi connectivity index (χ3n) is 3.69. The van der Waals surface area contributed by atoms with Crippen LogP contribution in [0.15, 0.2) is 24.3 Å². The van der Waals surface area contributed by atoms with E-state index in [-0.39, 0.29) is 23.9 Å². The van der Waals surface area contributed by atoms with Gasteiger partial charge in [-0.1, -0.05) is 18.6 Å². The first-order chi connectivity index (χ1) is 10.1. The van der Waals surface area contributed by atoms with Gasteiger partial charge in [0.25, 0.3) is 0 Å². The van der Waals surface area contributed by atoms with E-state index in [4.69, 9.17) is 0 Å². The van der Waals surface area contributed by atoms with E-state index in [9.17, 15) is 9.59 Å². The summed E-state index contributed by atoms with van der Waals surface area (Å²) in [6.07, 6.45) is 3.13. The number of nitrogens with one attached hydrogen (secondary N) is 3. The summed E-state index contributed by atoms with van der Waals surface area (Å²) in [5.74, 6) is -0.0534. The van der Waals surface area contributed by atoms with Crippen molar-refractivity contribution in [1.29, 1.82) is 0 Å².